The second kappa shape index (κ2) is 6.09. The van der Waals surface area contributed by atoms with Gasteiger partial charge in [0.2, 0.25) is 5.91 Å². The highest BCUT2D eigenvalue weighted by molar-refractivity contribution is 6.07. The van der Waals surface area contributed by atoms with Crippen molar-refractivity contribution in [3.8, 4) is 0 Å². The molecule has 6 nitrogen and oxygen atoms in total. The molecule has 2 heterocycles. The number of rotatable bonds is 4. The molecule has 2 aromatic rings. The van der Waals surface area contributed by atoms with E-state index in [4.69, 9.17) is 0 Å². The molecule has 22 heavy (non-hydrogen) atoms. The van der Waals surface area contributed by atoms with Gasteiger partial charge in [0.25, 0.3) is 0 Å². The molecular weight excluding hydrogens is 278 g/mol. The van der Waals surface area contributed by atoms with Crippen LogP contribution in [0.4, 0.5) is 5.82 Å². The minimum atomic E-state index is -0.0367. The number of carbonyl (C=O) groups excluding carboxylic acids is 1. The number of amides is 1. The molecule has 1 atom stereocenters. The topological polar surface area (TPSA) is 79.3 Å². The minimum Gasteiger partial charge on any atom is -0.369 e. The van der Waals surface area contributed by atoms with Gasteiger partial charge in [-0.2, -0.15) is 5.10 Å². The highest BCUT2D eigenvalue weighted by Gasteiger charge is 2.21. The number of benzene rings is 1. The maximum atomic E-state index is 11.4. The van der Waals surface area contributed by atoms with Crippen LogP contribution in [0.3, 0.4) is 0 Å². The van der Waals surface area contributed by atoms with Gasteiger partial charge in [0.1, 0.15) is 12.1 Å². The molecule has 0 fully saturated rings. The predicted molar refractivity (Wildman–Crippen MR) is 86.8 cm³/mol. The number of hydrazone groups is 1. The smallest absolute Gasteiger partial charge is 0.240 e. The fourth-order valence-electron chi connectivity index (χ4n) is 2.60. The Balaban J connectivity index is 1.98. The summed E-state index contributed by atoms with van der Waals surface area (Å²) in [6.07, 6.45) is 3.07. The highest BCUT2D eigenvalue weighted by Crippen LogP contribution is 2.23. The molecule has 0 aliphatic carbocycles. The van der Waals surface area contributed by atoms with E-state index in [1.165, 1.54) is 0 Å². The molecular formula is C16H19N5O. The van der Waals surface area contributed by atoms with Crippen LogP contribution in [0.5, 0.6) is 0 Å². The molecule has 1 aromatic heterocycles. The maximum absolute atomic E-state index is 11.4. The Morgan fingerprint density at radius 2 is 2.23 bits per heavy atom. The van der Waals surface area contributed by atoms with Crippen LogP contribution in [0, 0.1) is 5.92 Å². The van der Waals surface area contributed by atoms with Crippen LogP contribution in [0.2, 0.25) is 0 Å². The monoisotopic (exact) mass is 297 g/mol. The lowest BCUT2D eigenvalue weighted by Gasteiger charge is -2.19. The van der Waals surface area contributed by atoms with Gasteiger partial charge in [-0.15, -0.1) is 0 Å². The van der Waals surface area contributed by atoms with E-state index in [9.17, 15) is 4.79 Å². The van der Waals surface area contributed by atoms with Crippen LogP contribution < -0.4 is 10.7 Å². The van der Waals surface area contributed by atoms with Crippen molar-refractivity contribution in [1.82, 2.24) is 15.4 Å². The molecule has 1 unspecified atom stereocenters. The fraction of sp³-hybridized carbons (Fsp3) is 0.375. The molecule has 114 valence electrons. The van der Waals surface area contributed by atoms with Crippen molar-refractivity contribution in [2.75, 3.05) is 11.9 Å². The summed E-state index contributed by atoms with van der Waals surface area (Å²) < 4.78 is 0. The molecule has 1 aliphatic rings. The Morgan fingerprint density at radius 1 is 1.36 bits per heavy atom. The largest absolute Gasteiger partial charge is 0.369 e. The molecule has 0 radical (unpaired) electrons. The first-order valence-corrected chi connectivity index (χ1v) is 7.54. The molecule has 6 heteroatoms. The summed E-state index contributed by atoms with van der Waals surface area (Å²) in [6, 6.07) is 6.02. The number of anilines is 1. The second-order valence-electron chi connectivity index (χ2n) is 5.52. The summed E-state index contributed by atoms with van der Waals surface area (Å²) in [7, 11) is 0. The van der Waals surface area contributed by atoms with Crippen molar-refractivity contribution in [1.29, 1.82) is 0 Å². The third-order valence-electron chi connectivity index (χ3n) is 3.73. The van der Waals surface area contributed by atoms with Gasteiger partial charge in [0, 0.05) is 29.8 Å². The van der Waals surface area contributed by atoms with Crippen LogP contribution in [-0.4, -0.2) is 28.1 Å². The molecule has 1 amide bonds. The molecule has 0 spiro atoms. The summed E-state index contributed by atoms with van der Waals surface area (Å²) in [6.45, 7) is 5.00. The lowest BCUT2D eigenvalue weighted by Crippen LogP contribution is -2.31. The van der Waals surface area contributed by atoms with Crippen molar-refractivity contribution in [2.24, 2.45) is 11.0 Å². The van der Waals surface area contributed by atoms with E-state index >= 15 is 0 Å². The van der Waals surface area contributed by atoms with Gasteiger partial charge in [-0.3, -0.25) is 4.79 Å². The maximum Gasteiger partial charge on any atom is 0.240 e. The van der Waals surface area contributed by atoms with Gasteiger partial charge >= 0.3 is 0 Å². The van der Waals surface area contributed by atoms with Crippen LogP contribution >= 0.6 is 0 Å². The molecule has 1 aliphatic heterocycles. The van der Waals surface area contributed by atoms with Gasteiger partial charge < -0.3 is 5.32 Å². The SMILES string of the molecule is CCCNc1ncnc2cc(C3=NNC(=O)CC3C)ccc12. The second-order valence-corrected chi connectivity index (χ2v) is 5.52. The number of aromatic nitrogens is 2. The van der Waals surface area contributed by atoms with E-state index in [1.807, 2.05) is 25.1 Å². The predicted octanol–water partition coefficient (Wildman–Crippen LogP) is 2.31. The molecule has 1 aromatic carbocycles. The molecule has 3 rings (SSSR count). The molecule has 0 saturated carbocycles. The van der Waals surface area contributed by atoms with Gasteiger partial charge in [0.15, 0.2) is 0 Å². The lowest BCUT2D eigenvalue weighted by atomic mass is 9.93. The third-order valence-corrected chi connectivity index (χ3v) is 3.73. The average Bonchev–Trinajstić information content (AvgIpc) is 2.52. The highest BCUT2D eigenvalue weighted by atomic mass is 16.2. The Hall–Kier alpha value is -2.50. The quantitative estimate of drug-likeness (QED) is 0.907. The van der Waals surface area contributed by atoms with Gasteiger partial charge in [-0.05, 0) is 18.6 Å². The number of hydrogen-bond acceptors (Lipinski definition) is 5. The number of nitrogens with one attached hydrogen (secondary N) is 2. The van der Waals surface area contributed by atoms with E-state index in [2.05, 4.69) is 32.7 Å². The summed E-state index contributed by atoms with van der Waals surface area (Å²) in [5, 5.41) is 8.50. The van der Waals surface area contributed by atoms with Crippen LogP contribution in [0.25, 0.3) is 10.9 Å². The average molecular weight is 297 g/mol. The zero-order valence-corrected chi connectivity index (χ0v) is 12.8. The lowest BCUT2D eigenvalue weighted by molar-refractivity contribution is -0.121. The standard InChI is InChI=1S/C16H19N5O/c1-3-6-17-16-12-5-4-11(8-13(12)18-9-19-16)15-10(2)7-14(22)20-21-15/h4-5,8-10H,3,6-7H2,1-2H3,(H,20,22)(H,17,18,19). The number of fused-ring (bicyclic) bond motifs is 1. The Kier molecular flexibility index (Phi) is 4.00. The Morgan fingerprint density at radius 3 is 3.00 bits per heavy atom. The Bertz CT molecular complexity index is 740. The van der Waals surface area contributed by atoms with Crippen molar-refractivity contribution in [2.45, 2.75) is 26.7 Å². The first-order valence-electron chi connectivity index (χ1n) is 7.54. The summed E-state index contributed by atoms with van der Waals surface area (Å²) >= 11 is 0. The van der Waals surface area contributed by atoms with Gasteiger partial charge in [0.05, 0.1) is 11.2 Å². The van der Waals surface area contributed by atoms with Crippen LogP contribution in [0.1, 0.15) is 32.3 Å². The first-order chi connectivity index (χ1) is 10.7. The van der Waals surface area contributed by atoms with E-state index in [-0.39, 0.29) is 11.8 Å². The molecule has 0 bridgehead atoms. The third kappa shape index (κ3) is 2.77. The molecule has 2 N–H and O–H groups in total. The van der Waals surface area contributed by atoms with E-state index in [0.717, 1.165) is 41.0 Å². The van der Waals surface area contributed by atoms with Crippen molar-refractivity contribution in [3.05, 3.63) is 30.1 Å². The summed E-state index contributed by atoms with van der Waals surface area (Å²) in [4.78, 5) is 20.0. The van der Waals surface area contributed by atoms with Gasteiger partial charge in [-0.1, -0.05) is 19.9 Å². The zero-order valence-electron chi connectivity index (χ0n) is 12.8. The van der Waals surface area contributed by atoms with E-state index in [0.29, 0.717) is 6.42 Å². The van der Waals surface area contributed by atoms with Gasteiger partial charge in [-0.25, -0.2) is 15.4 Å². The summed E-state index contributed by atoms with van der Waals surface area (Å²) in [5.41, 5.74) is 5.30. The van der Waals surface area contributed by atoms with Crippen molar-refractivity contribution in [3.63, 3.8) is 0 Å². The number of nitrogens with zero attached hydrogens (tertiary/aromatic N) is 3. The van der Waals surface area contributed by atoms with Crippen LogP contribution in [0.15, 0.2) is 29.6 Å². The number of carbonyl (C=O) groups is 1. The molecule has 0 saturated heterocycles. The van der Waals surface area contributed by atoms with E-state index in [1.54, 1.807) is 6.33 Å². The van der Waals surface area contributed by atoms with Crippen LogP contribution in [-0.2, 0) is 4.79 Å². The zero-order chi connectivity index (χ0) is 15.5. The normalized spacial score (nSPS) is 18.0. The minimum absolute atomic E-state index is 0.0367. The van der Waals surface area contributed by atoms with E-state index < -0.39 is 0 Å². The number of hydrogen-bond donors (Lipinski definition) is 2. The first kappa shape index (κ1) is 14.4. The Labute approximate surface area is 129 Å². The van der Waals surface area contributed by atoms with Crippen molar-refractivity contribution < 1.29 is 4.79 Å². The fourth-order valence-corrected chi connectivity index (χ4v) is 2.60. The van der Waals surface area contributed by atoms with Crippen molar-refractivity contribution >= 4 is 28.3 Å². The summed E-state index contributed by atoms with van der Waals surface area (Å²) in [5.74, 6) is 0.918.